The summed E-state index contributed by atoms with van der Waals surface area (Å²) in [4.78, 5) is 15.0. The number of fused-ring (bicyclic) bond motifs is 3. The van der Waals surface area contributed by atoms with Gasteiger partial charge in [0.1, 0.15) is 6.29 Å². The Morgan fingerprint density at radius 3 is 0.627 bits per heavy atom. The summed E-state index contributed by atoms with van der Waals surface area (Å²) in [6, 6.07) is 90.2. The molecule has 0 saturated carbocycles. The molecule has 0 radical (unpaired) electrons. The van der Waals surface area contributed by atoms with Crippen LogP contribution >= 0.6 is 23.8 Å². The van der Waals surface area contributed by atoms with Gasteiger partial charge in [-0.3, -0.25) is 0 Å². The molecule has 0 unspecified atom stereocenters. The first-order valence-electron chi connectivity index (χ1n) is 24.6. The van der Waals surface area contributed by atoms with Crippen LogP contribution in [0.4, 0.5) is 0 Å². The molecule has 0 fully saturated rings. The van der Waals surface area contributed by atoms with Gasteiger partial charge in [0.2, 0.25) is 0 Å². The second kappa shape index (κ2) is 27.8. The zero-order valence-corrected chi connectivity index (χ0v) is 48.3. The molecule has 0 aliphatic heterocycles. The Morgan fingerprint density at radius 2 is 0.453 bits per heavy atom. The molecule has 3 aromatic heterocycles. The first kappa shape index (κ1) is 56.9. The number of hydrogen-bond donors (Lipinski definition) is 2. The van der Waals surface area contributed by atoms with Gasteiger partial charge >= 0.3 is 20.4 Å². The van der Waals surface area contributed by atoms with Gasteiger partial charge in [-0.1, -0.05) is 182 Å². The monoisotopic (exact) mass is 1220 g/mol. The molecule has 10 heteroatoms. The Morgan fingerprint density at radius 1 is 0.293 bits per heavy atom. The smallest absolute Gasteiger partial charge is 0.626 e. The first-order chi connectivity index (χ1) is 35.8. The van der Waals surface area contributed by atoms with Crippen LogP contribution < -0.4 is 63.1 Å². The molecule has 12 rings (SSSR count). The van der Waals surface area contributed by atoms with Crippen molar-refractivity contribution in [3.63, 3.8) is 0 Å². The quantitative estimate of drug-likeness (QED) is 0.0855. The van der Waals surface area contributed by atoms with E-state index in [9.17, 15) is 0 Å². The van der Waals surface area contributed by atoms with Crippen LogP contribution in [0.25, 0.3) is 32.7 Å². The van der Waals surface area contributed by atoms with Crippen molar-refractivity contribution >= 4 is 105 Å². The van der Waals surface area contributed by atoms with Crippen molar-refractivity contribution in [1.82, 2.24) is 15.0 Å². The molecule has 0 aliphatic carbocycles. The van der Waals surface area contributed by atoms with Gasteiger partial charge in [0, 0.05) is 36.7 Å². The van der Waals surface area contributed by atoms with E-state index in [0.717, 1.165) is 16.6 Å². The average Bonchev–Trinajstić information content (AvgIpc) is 4.07. The minimum Gasteiger partial charge on any atom is -0.626 e. The van der Waals surface area contributed by atoms with Crippen molar-refractivity contribution in [2.75, 3.05) is 0 Å². The Hall–Kier alpha value is -5.87. The Kier molecular flexibility index (Phi) is 21.1. The van der Waals surface area contributed by atoms with Gasteiger partial charge in [0.25, 0.3) is 0 Å². The maximum atomic E-state index is 7.61. The maximum absolute atomic E-state index is 7.61. The number of aliphatic hydroxyl groups excluding tert-OH is 1. The third-order valence-electron chi connectivity index (χ3n) is 12.8. The zero-order valence-electron chi connectivity index (χ0n) is 42.2. The van der Waals surface area contributed by atoms with Gasteiger partial charge in [0.15, 0.2) is 0 Å². The van der Waals surface area contributed by atoms with Crippen LogP contribution in [0.3, 0.4) is 0 Å². The molecule has 0 saturated heterocycles. The topological polar surface area (TPSA) is 82.8 Å². The number of rotatable bonds is 9. The van der Waals surface area contributed by atoms with Gasteiger partial charge in [0.05, 0.1) is 55.6 Å². The molecule has 380 valence electrons. The number of benzene rings is 9. The summed E-state index contributed by atoms with van der Waals surface area (Å²) in [6.07, 6.45) is -1.17. The molecular formula is C65H60N3O2P3Pd2+2. The van der Waals surface area contributed by atoms with E-state index in [1.165, 1.54) is 87.9 Å². The Labute approximate surface area is 472 Å². The molecule has 0 spiro atoms. The summed E-state index contributed by atoms with van der Waals surface area (Å²) in [6.45, 7) is 7.91. The molecule has 12 aromatic rings. The SMILES string of the molecule is CC(O)O.Cc1c([PH+](c2ccccc2)c2ccccc2)[n-]c2ccccc12.Cc1c([PH+](c2ccccc2)c2ccccc2)[n-]c2ccccc12.Cc1c([PH+](c2ccccc2)c2ccccc2)[n-]c2ccccc12.[Pd+2].[Pd]. The number of para-hydroxylation sites is 3. The number of hydrogen-bond acceptors (Lipinski definition) is 2. The molecule has 0 aliphatic rings. The van der Waals surface area contributed by atoms with E-state index < -0.39 is 30.1 Å². The number of nitrogens with zero attached hydrogens (tertiary/aromatic N) is 3. The van der Waals surface area contributed by atoms with E-state index in [1.807, 2.05) is 0 Å². The molecule has 3 heterocycles. The van der Waals surface area contributed by atoms with Crippen molar-refractivity contribution in [3.8, 4) is 0 Å². The maximum Gasteiger partial charge on any atom is 2.00 e. The number of aliphatic hydroxyl groups is 2. The zero-order chi connectivity index (χ0) is 50.5. The molecule has 0 amide bonds. The predicted octanol–water partition coefficient (Wildman–Crippen LogP) is 10.1. The molecule has 0 atom stereocenters. The van der Waals surface area contributed by atoms with Crippen LogP contribution in [0, 0.1) is 20.8 Å². The standard InChI is InChI=1S/3C21H17NP.C2H6O2.2Pd/c3*1-16-19-14-8-9-15-20(19)22-21(16)23(17-10-4-2-5-11-17)18-12-6-3-7-13-18;1-2(3)4;;/h3*2-15H,1H3;2-4H,1H3;;/q3*-1;;;+2/p+3. The van der Waals surface area contributed by atoms with Gasteiger partial charge in [-0.2, -0.15) is 0 Å². The van der Waals surface area contributed by atoms with E-state index in [1.54, 1.807) is 0 Å². The van der Waals surface area contributed by atoms with E-state index in [-0.39, 0.29) is 40.8 Å². The molecule has 75 heavy (non-hydrogen) atoms. The summed E-state index contributed by atoms with van der Waals surface area (Å²) in [5.41, 5.74) is 11.1. The van der Waals surface area contributed by atoms with Crippen LogP contribution in [0.15, 0.2) is 255 Å². The Balaban J connectivity index is 0.000000156. The van der Waals surface area contributed by atoms with Gasteiger partial charge < -0.3 is 25.2 Å². The summed E-state index contributed by atoms with van der Waals surface area (Å²) in [5, 5.41) is 27.4. The van der Waals surface area contributed by atoms with E-state index >= 15 is 0 Å². The summed E-state index contributed by atoms with van der Waals surface area (Å²) in [5.74, 6) is 0. The van der Waals surface area contributed by atoms with E-state index in [4.69, 9.17) is 25.2 Å². The Bertz CT molecular complexity index is 3120. The number of aryl methyl sites for hydroxylation is 3. The van der Waals surface area contributed by atoms with Crippen molar-refractivity contribution in [2.24, 2.45) is 0 Å². The molecular weight excluding hydrogens is 1160 g/mol. The fourth-order valence-corrected chi connectivity index (χ4v) is 17.4. The minimum absolute atomic E-state index is 0. The van der Waals surface area contributed by atoms with Crippen LogP contribution in [-0.4, -0.2) is 16.5 Å². The van der Waals surface area contributed by atoms with Crippen molar-refractivity contribution in [3.05, 3.63) is 271 Å². The molecule has 0 bridgehead atoms. The van der Waals surface area contributed by atoms with Crippen LogP contribution in [0.5, 0.6) is 0 Å². The second-order valence-electron chi connectivity index (χ2n) is 17.8. The summed E-state index contributed by atoms with van der Waals surface area (Å²) < 4.78 is 0. The predicted molar refractivity (Wildman–Crippen MR) is 320 cm³/mol. The van der Waals surface area contributed by atoms with E-state index in [2.05, 4.69) is 276 Å². The first-order valence-corrected chi connectivity index (χ1v) is 29.1. The van der Waals surface area contributed by atoms with Crippen molar-refractivity contribution in [2.45, 2.75) is 34.0 Å². The van der Waals surface area contributed by atoms with Crippen LogP contribution in [0.2, 0.25) is 0 Å². The van der Waals surface area contributed by atoms with Gasteiger partial charge in [-0.15, -0.1) is 16.6 Å². The third kappa shape index (κ3) is 13.8. The fraction of sp³-hybridized carbons (Fsp3) is 0.0769. The molecule has 5 nitrogen and oxygen atoms in total. The van der Waals surface area contributed by atoms with E-state index in [0.29, 0.717) is 0 Å². The average molecular weight is 1220 g/mol. The molecule has 2 N–H and O–H groups in total. The van der Waals surface area contributed by atoms with Crippen molar-refractivity contribution in [1.29, 1.82) is 0 Å². The molecule has 9 aromatic carbocycles. The summed E-state index contributed by atoms with van der Waals surface area (Å²) in [7, 11) is -3.24. The largest absolute Gasteiger partial charge is 2.00 e. The normalized spacial score (nSPS) is 10.8. The summed E-state index contributed by atoms with van der Waals surface area (Å²) >= 11 is 0. The van der Waals surface area contributed by atoms with Crippen LogP contribution in [-0.2, 0) is 40.8 Å². The van der Waals surface area contributed by atoms with Crippen molar-refractivity contribution < 1.29 is 51.1 Å². The van der Waals surface area contributed by atoms with Gasteiger partial charge in [-0.05, 0) is 133 Å². The van der Waals surface area contributed by atoms with Crippen LogP contribution in [0.1, 0.15) is 23.6 Å². The van der Waals surface area contributed by atoms with Gasteiger partial charge in [-0.25, -0.2) is 0 Å². The fourth-order valence-electron chi connectivity index (χ4n) is 9.34. The minimum atomic E-state index is -1.17. The third-order valence-corrected chi connectivity index (χ3v) is 21.1. The second-order valence-corrected chi connectivity index (χ2v) is 24.9. The number of aromatic nitrogens is 3.